The Kier molecular flexibility index (Phi) is 8.59. The highest BCUT2D eigenvalue weighted by molar-refractivity contribution is 7.80. The molecule has 9 heteroatoms. The molecule has 3 aromatic carbocycles. The number of hydrazone groups is 2. The highest BCUT2D eigenvalue weighted by atomic mass is 32.1. The molecule has 0 atom stereocenters. The molecule has 0 aromatic heterocycles. The van der Waals surface area contributed by atoms with Crippen molar-refractivity contribution in [3.05, 3.63) is 94.5 Å². The minimum atomic E-state index is -4.36. The van der Waals surface area contributed by atoms with Crippen molar-refractivity contribution in [1.82, 2.24) is 5.43 Å². The molecule has 182 valence electrons. The molecule has 0 bridgehead atoms. The monoisotopic (exact) mass is 497 g/mol. The zero-order valence-electron chi connectivity index (χ0n) is 19.6. The van der Waals surface area contributed by atoms with E-state index < -0.39 is 11.7 Å². The first-order valence-corrected chi connectivity index (χ1v) is 11.3. The van der Waals surface area contributed by atoms with Gasteiger partial charge in [0.1, 0.15) is 0 Å². The van der Waals surface area contributed by atoms with E-state index in [0.717, 1.165) is 40.2 Å². The molecule has 0 aliphatic heterocycles. The van der Waals surface area contributed by atoms with E-state index in [1.165, 1.54) is 12.1 Å². The molecule has 35 heavy (non-hydrogen) atoms. The standard InChI is InChI=1S/C26H26F3N5S/c1-4-23(20-10-12-21(13-11-20)26(27,28)29)33-32-22-14-8-19(9-15-22)16-30-34-25(35)31-24-17(2)6-5-7-18(24)3/h5-16,32H,4H2,1-3H3,(H2,31,34,35)/b30-16?,33-23+. The number of rotatable bonds is 7. The number of benzene rings is 3. The number of halogens is 3. The van der Waals surface area contributed by atoms with E-state index in [1.807, 2.05) is 63.2 Å². The number of para-hydroxylation sites is 1. The van der Waals surface area contributed by atoms with Gasteiger partial charge in [-0.1, -0.05) is 49.4 Å². The summed E-state index contributed by atoms with van der Waals surface area (Å²) in [4.78, 5) is 0. The highest BCUT2D eigenvalue weighted by Gasteiger charge is 2.30. The summed E-state index contributed by atoms with van der Waals surface area (Å²) in [5.74, 6) is 0. The molecule has 0 saturated heterocycles. The van der Waals surface area contributed by atoms with Gasteiger partial charge in [-0.3, -0.25) is 10.9 Å². The molecule has 0 heterocycles. The smallest absolute Gasteiger partial charge is 0.331 e. The van der Waals surface area contributed by atoms with Crippen LogP contribution in [0.2, 0.25) is 0 Å². The Labute approximate surface area is 208 Å². The number of hydrogen-bond donors (Lipinski definition) is 3. The van der Waals surface area contributed by atoms with Crippen LogP contribution in [0, 0.1) is 13.8 Å². The third-order valence-electron chi connectivity index (χ3n) is 5.21. The maximum absolute atomic E-state index is 12.8. The van der Waals surface area contributed by atoms with Gasteiger partial charge in [-0.2, -0.15) is 23.4 Å². The van der Waals surface area contributed by atoms with Crippen molar-refractivity contribution in [2.75, 3.05) is 10.7 Å². The van der Waals surface area contributed by atoms with Crippen molar-refractivity contribution in [3.8, 4) is 0 Å². The Morgan fingerprint density at radius 2 is 1.57 bits per heavy atom. The van der Waals surface area contributed by atoms with E-state index in [0.29, 0.717) is 22.8 Å². The number of anilines is 2. The van der Waals surface area contributed by atoms with E-state index in [-0.39, 0.29) is 0 Å². The largest absolute Gasteiger partial charge is 0.416 e. The van der Waals surface area contributed by atoms with Gasteiger partial charge in [0, 0.05) is 5.69 Å². The van der Waals surface area contributed by atoms with Crippen LogP contribution in [0.4, 0.5) is 24.5 Å². The van der Waals surface area contributed by atoms with Gasteiger partial charge in [-0.25, -0.2) is 0 Å². The van der Waals surface area contributed by atoms with Crippen LogP contribution in [-0.2, 0) is 6.18 Å². The average molecular weight is 498 g/mol. The summed E-state index contributed by atoms with van der Waals surface area (Å²) in [6, 6.07) is 18.4. The first kappa shape index (κ1) is 25.9. The fourth-order valence-corrected chi connectivity index (χ4v) is 3.45. The van der Waals surface area contributed by atoms with E-state index in [9.17, 15) is 13.2 Å². The van der Waals surface area contributed by atoms with Gasteiger partial charge in [-0.05, 0) is 79.0 Å². The number of aryl methyl sites for hydroxylation is 2. The third kappa shape index (κ3) is 7.38. The van der Waals surface area contributed by atoms with Gasteiger partial charge in [0.2, 0.25) is 0 Å². The molecule has 3 N–H and O–H groups in total. The number of nitrogens with one attached hydrogen (secondary N) is 3. The summed E-state index contributed by atoms with van der Waals surface area (Å²) in [6.07, 6.45) is -2.15. The molecule has 0 spiro atoms. The van der Waals surface area contributed by atoms with Gasteiger partial charge in [0.15, 0.2) is 5.11 Å². The lowest BCUT2D eigenvalue weighted by molar-refractivity contribution is -0.137. The van der Waals surface area contributed by atoms with Crippen molar-refractivity contribution < 1.29 is 13.2 Å². The van der Waals surface area contributed by atoms with Gasteiger partial charge < -0.3 is 5.32 Å². The van der Waals surface area contributed by atoms with E-state index in [2.05, 4.69) is 26.4 Å². The molecule has 5 nitrogen and oxygen atoms in total. The Balaban J connectivity index is 1.56. The second kappa shape index (κ2) is 11.6. The van der Waals surface area contributed by atoms with E-state index in [4.69, 9.17) is 12.2 Å². The van der Waals surface area contributed by atoms with Crippen molar-refractivity contribution in [3.63, 3.8) is 0 Å². The molecule has 0 amide bonds. The van der Waals surface area contributed by atoms with Crippen LogP contribution in [0.15, 0.2) is 76.9 Å². The van der Waals surface area contributed by atoms with Crippen LogP contribution in [0.5, 0.6) is 0 Å². The van der Waals surface area contributed by atoms with Gasteiger partial charge >= 0.3 is 6.18 Å². The van der Waals surface area contributed by atoms with Gasteiger partial charge in [-0.15, -0.1) is 0 Å². The van der Waals surface area contributed by atoms with Crippen LogP contribution in [0.3, 0.4) is 0 Å². The summed E-state index contributed by atoms with van der Waals surface area (Å²) in [5.41, 5.74) is 11.1. The molecule has 3 aromatic rings. The SMILES string of the molecule is CC/C(=N\Nc1ccc(C=NNC(=S)Nc2c(C)cccc2C)cc1)c1ccc(C(F)(F)F)cc1. The molecule has 0 unspecified atom stereocenters. The minimum Gasteiger partial charge on any atom is -0.331 e. The second-order valence-corrected chi connectivity index (χ2v) is 8.22. The van der Waals surface area contributed by atoms with Gasteiger partial charge in [0.05, 0.1) is 23.2 Å². The zero-order chi connectivity index (χ0) is 25.4. The molecule has 0 fully saturated rings. The molecule has 0 aliphatic rings. The van der Waals surface area contributed by atoms with Gasteiger partial charge in [0.25, 0.3) is 0 Å². The van der Waals surface area contributed by atoms with Crippen molar-refractivity contribution in [1.29, 1.82) is 0 Å². The molecule has 0 saturated carbocycles. The van der Waals surface area contributed by atoms with E-state index >= 15 is 0 Å². The van der Waals surface area contributed by atoms with Crippen LogP contribution in [0.25, 0.3) is 0 Å². The molecular weight excluding hydrogens is 471 g/mol. The van der Waals surface area contributed by atoms with Crippen molar-refractivity contribution >= 4 is 40.6 Å². The van der Waals surface area contributed by atoms with Crippen molar-refractivity contribution in [2.45, 2.75) is 33.4 Å². The maximum Gasteiger partial charge on any atom is 0.416 e. The Bertz CT molecular complexity index is 1200. The first-order valence-electron chi connectivity index (χ1n) is 10.9. The summed E-state index contributed by atoms with van der Waals surface area (Å²) >= 11 is 5.31. The second-order valence-electron chi connectivity index (χ2n) is 7.81. The Morgan fingerprint density at radius 3 is 2.14 bits per heavy atom. The molecule has 3 rings (SSSR count). The maximum atomic E-state index is 12.8. The third-order valence-corrected chi connectivity index (χ3v) is 5.40. The van der Waals surface area contributed by atoms with Crippen LogP contribution in [0.1, 0.15) is 41.2 Å². The number of alkyl halides is 3. The quantitative estimate of drug-likeness (QED) is 0.189. The number of thiocarbonyl (C=S) groups is 1. The highest BCUT2D eigenvalue weighted by Crippen LogP contribution is 2.29. The Hall–Kier alpha value is -3.72. The summed E-state index contributed by atoms with van der Waals surface area (Å²) in [5, 5.41) is 12.1. The normalized spacial score (nSPS) is 12.0. The molecule has 0 radical (unpaired) electrons. The van der Waals surface area contributed by atoms with Crippen LogP contribution < -0.4 is 16.2 Å². The average Bonchev–Trinajstić information content (AvgIpc) is 2.82. The predicted octanol–water partition coefficient (Wildman–Crippen LogP) is 6.87. The number of hydrogen-bond acceptors (Lipinski definition) is 4. The van der Waals surface area contributed by atoms with E-state index in [1.54, 1.807) is 6.21 Å². The van der Waals surface area contributed by atoms with Crippen molar-refractivity contribution in [2.24, 2.45) is 10.2 Å². The minimum absolute atomic E-state index is 0.390. The lowest BCUT2D eigenvalue weighted by Gasteiger charge is -2.12. The summed E-state index contributed by atoms with van der Waals surface area (Å²) in [6.45, 7) is 5.91. The summed E-state index contributed by atoms with van der Waals surface area (Å²) in [7, 11) is 0. The van der Waals surface area contributed by atoms with Crippen LogP contribution >= 0.6 is 12.2 Å². The fraction of sp³-hybridized carbons (Fsp3) is 0.192. The zero-order valence-corrected chi connectivity index (χ0v) is 20.4. The summed E-state index contributed by atoms with van der Waals surface area (Å²) < 4.78 is 38.3. The lowest BCUT2D eigenvalue weighted by atomic mass is 10.1. The first-order chi connectivity index (χ1) is 16.7. The number of nitrogens with zero attached hydrogens (tertiary/aromatic N) is 2. The lowest BCUT2D eigenvalue weighted by Crippen LogP contribution is -2.24. The predicted molar refractivity (Wildman–Crippen MR) is 141 cm³/mol. The molecule has 0 aliphatic carbocycles. The van der Waals surface area contributed by atoms with Crippen LogP contribution in [-0.4, -0.2) is 17.0 Å². The fourth-order valence-electron chi connectivity index (χ4n) is 3.29. The molecular formula is C26H26F3N5S. The topological polar surface area (TPSA) is 60.8 Å². The Morgan fingerprint density at radius 1 is 0.943 bits per heavy atom.